The lowest BCUT2D eigenvalue weighted by molar-refractivity contribution is 0.158. The summed E-state index contributed by atoms with van der Waals surface area (Å²) in [6.07, 6.45) is 1.72. The molecule has 0 fully saturated rings. The van der Waals surface area contributed by atoms with Gasteiger partial charge in [0.15, 0.2) is 0 Å². The highest BCUT2D eigenvalue weighted by Gasteiger charge is 2.23. The highest BCUT2D eigenvalue weighted by molar-refractivity contribution is 6.30. The van der Waals surface area contributed by atoms with Gasteiger partial charge in [0.05, 0.1) is 6.61 Å². The zero-order valence-corrected chi connectivity index (χ0v) is 10.5. The van der Waals surface area contributed by atoms with Crippen LogP contribution in [0.2, 0.25) is 5.02 Å². The molecule has 88 valence electrons. The van der Waals surface area contributed by atoms with Gasteiger partial charge >= 0.3 is 0 Å². The summed E-state index contributed by atoms with van der Waals surface area (Å²) in [5.41, 5.74) is 2.17. The van der Waals surface area contributed by atoms with Crippen molar-refractivity contribution in [3.63, 3.8) is 0 Å². The molecule has 0 radical (unpaired) electrons. The van der Waals surface area contributed by atoms with E-state index in [4.69, 9.17) is 16.3 Å². The molecule has 2 nitrogen and oxygen atoms in total. The molecule has 3 heteroatoms. The Morgan fingerprint density at radius 3 is 2.88 bits per heavy atom. The number of fused-ring (bicyclic) bond motifs is 1. The van der Waals surface area contributed by atoms with Crippen molar-refractivity contribution in [3.8, 4) is 5.75 Å². The lowest BCUT2D eigenvalue weighted by Crippen LogP contribution is -2.20. The zero-order chi connectivity index (χ0) is 11.8. The maximum Gasteiger partial charge on any atom is 0.125 e. The molecule has 0 bridgehead atoms. The van der Waals surface area contributed by atoms with Gasteiger partial charge in [0, 0.05) is 18.1 Å². The van der Waals surface area contributed by atoms with Crippen molar-refractivity contribution < 1.29 is 9.84 Å². The van der Waals surface area contributed by atoms with Crippen LogP contribution in [0.4, 0.5) is 0 Å². The maximum absolute atomic E-state index is 9.30. The zero-order valence-electron chi connectivity index (χ0n) is 9.72. The fourth-order valence-corrected chi connectivity index (χ4v) is 2.31. The first-order valence-corrected chi connectivity index (χ1v) is 5.94. The fraction of sp³-hybridized carbons (Fsp3) is 0.538. The number of aliphatic hydroxyl groups excluding tert-OH is 1. The molecule has 1 aromatic carbocycles. The third kappa shape index (κ3) is 2.33. The summed E-state index contributed by atoms with van der Waals surface area (Å²) in [6.45, 7) is 4.97. The first-order valence-electron chi connectivity index (χ1n) is 5.57. The summed E-state index contributed by atoms with van der Waals surface area (Å²) in [5, 5.41) is 10.1. The number of halogens is 1. The number of rotatable bonds is 3. The van der Waals surface area contributed by atoms with Crippen LogP contribution >= 0.6 is 11.6 Å². The molecule has 1 N–H and O–H groups in total. The van der Waals surface area contributed by atoms with E-state index in [9.17, 15) is 5.11 Å². The van der Waals surface area contributed by atoms with Crippen molar-refractivity contribution in [3.05, 3.63) is 28.3 Å². The fourth-order valence-electron chi connectivity index (χ4n) is 2.05. The maximum atomic E-state index is 9.30. The Bertz CT molecular complexity index is 399. The predicted octanol–water partition coefficient (Wildman–Crippen LogP) is 2.84. The Kier molecular flexibility index (Phi) is 3.13. The largest absolute Gasteiger partial charge is 0.493 e. The van der Waals surface area contributed by atoms with Crippen LogP contribution < -0.4 is 4.74 Å². The van der Waals surface area contributed by atoms with Crippen molar-refractivity contribution in [2.24, 2.45) is 5.41 Å². The molecule has 0 saturated heterocycles. The molecule has 0 saturated carbocycles. The second-order valence-corrected chi connectivity index (χ2v) is 5.59. The molecule has 0 spiro atoms. The second kappa shape index (κ2) is 4.27. The molecule has 0 atom stereocenters. The second-order valence-electron chi connectivity index (χ2n) is 5.15. The van der Waals surface area contributed by atoms with Crippen LogP contribution in [-0.2, 0) is 12.8 Å². The third-order valence-electron chi connectivity index (χ3n) is 2.92. The first kappa shape index (κ1) is 11.7. The molecule has 1 aliphatic heterocycles. The Hall–Kier alpha value is -0.730. The minimum Gasteiger partial charge on any atom is -0.493 e. The summed E-state index contributed by atoms with van der Waals surface area (Å²) in [4.78, 5) is 0. The van der Waals surface area contributed by atoms with E-state index < -0.39 is 0 Å². The van der Waals surface area contributed by atoms with Crippen LogP contribution in [0, 0.1) is 5.41 Å². The lowest BCUT2D eigenvalue weighted by atomic mass is 9.86. The van der Waals surface area contributed by atoms with Gasteiger partial charge in [0.1, 0.15) is 5.75 Å². The molecule has 1 heterocycles. The monoisotopic (exact) mass is 240 g/mol. The Labute approximate surface area is 101 Å². The normalized spacial score (nSPS) is 14.8. The van der Waals surface area contributed by atoms with Crippen molar-refractivity contribution in [1.29, 1.82) is 0 Å². The van der Waals surface area contributed by atoms with E-state index in [-0.39, 0.29) is 12.0 Å². The van der Waals surface area contributed by atoms with E-state index in [1.165, 1.54) is 5.56 Å². The van der Waals surface area contributed by atoms with Gasteiger partial charge in [-0.05, 0) is 35.1 Å². The molecule has 0 aromatic heterocycles. The molecular weight excluding hydrogens is 224 g/mol. The molecular formula is C13H17ClO2. The molecule has 2 rings (SSSR count). The predicted molar refractivity (Wildman–Crippen MR) is 65.2 cm³/mol. The Balaban J connectivity index is 2.34. The summed E-state index contributed by atoms with van der Waals surface area (Å²) in [7, 11) is 0. The van der Waals surface area contributed by atoms with E-state index in [1.54, 1.807) is 0 Å². The van der Waals surface area contributed by atoms with Gasteiger partial charge in [0.25, 0.3) is 0 Å². The summed E-state index contributed by atoms with van der Waals surface area (Å²) >= 11 is 6.08. The van der Waals surface area contributed by atoms with Crippen molar-refractivity contribution in [2.75, 3.05) is 13.2 Å². The summed E-state index contributed by atoms with van der Waals surface area (Å²) < 4.78 is 5.63. The minimum atomic E-state index is -0.135. The van der Waals surface area contributed by atoms with Crippen molar-refractivity contribution in [1.82, 2.24) is 0 Å². The number of ether oxygens (including phenoxy) is 1. The van der Waals surface area contributed by atoms with Gasteiger partial charge in [-0.3, -0.25) is 0 Å². The minimum absolute atomic E-state index is 0.135. The smallest absolute Gasteiger partial charge is 0.125 e. The summed E-state index contributed by atoms with van der Waals surface area (Å²) in [5.74, 6) is 0.978. The highest BCUT2D eigenvalue weighted by Crippen LogP contribution is 2.36. The van der Waals surface area contributed by atoms with Gasteiger partial charge < -0.3 is 9.84 Å². The summed E-state index contributed by atoms with van der Waals surface area (Å²) in [6, 6.07) is 3.92. The molecule has 0 unspecified atom stereocenters. The van der Waals surface area contributed by atoms with Gasteiger partial charge in [-0.15, -0.1) is 0 Å². The van der Waals surface area contributed by atoms with Crippen LogP contribution in [0.5, 0.6) is 5.75 Å². The number of hydrogen-bond acceptors (Lipinski definition) is 2. The van der Waals surface area contributed by atoms with Crippen molar-refractivity contribution in [2.45, 2.75) is 26.7 Å². The van der Waals surface area contributed by atoms with Crippen LogP contribution in [0.25, 0.3) is 0 Å². The quantitative estimate of drug-likeness (QED) is 0.881. The van der Waals surface area contributed by atoms with Crippen molar-refractivity contribution >= 4 is 11.6 Å². The topological polar surface area (TPSA) is 29.5 Å². The van der Waals surface area contributed by atoms with Crippen LogP contribution in [0.15, 0.2) is 12.1 Å². The number of benzene rings is 1. The molecule has 1 aliphatic rings. The number of hydrogen-bond donors (Lipinski definition) is 1. The van der Waals surface area contributed by atoms with E-state index in [0.29, 0.717) is 0 Å². The van der Waals surface area contributed by atoms with Gasteiger partial charge in [-0.1, -0.05) is 25.4 Å². The Morgan fingerprint density at radius 1 is 1.44 bits per heavy atom. The van der Waals surface area contributed by atoms with E-state index in [1.807, 2.05) is 26.0 Å². The van der Waals surface area contributed by atoms with Gasteiger partial charge in [-0.25, -0.2) is 0 Å². The van der Waals surface area contributed by atoms with E-state index >= 15 is 0 Å². The highest BCUT2D eigenvalue weighted by atomic mass is 35.5. The lowest BCUT2D eigenvalue weighted by Gasteiger charge is -2.22. The van der Waals surface area contributed by atoms with Gasteiger partial charge in [0.2, 0.25) is 0 Å². The first-order chi connectivity index (χ1) is 7.52. The van der Waals surface area contributed by atoms with Crippen LogP contribution in [0.1, 0.15) is 25.0 Å². The van der Waals surface area contributed by atoms with Crippen LogP contribution in [-0.4, -0.2) is 18.3 Å². The van der Waals surface area contributed by atoms with E-state index in [0.717, 1.165) is 35.8 Å². The third-order valence-corrected chi connectivity index (χ3v) is 3.14. The molecule has 0 aliphatic carbocycles. The van der Waals surface area contributed by atoms with Gasteiger partial charge in [-0.2, -0.15) is 0 Å². The average molecular weight is 241 g/mol. The molecule has 16 heavy (non-hydrogen) atoms. The van der Waals surface area contributed by atoms with Crippen LogP contribution in [0.3, 0.4) is 0 Å². The number of aliphatic hydroxyl groups is 1. The van der Waals surface area contributed by atoms with E-state index in [2.05, 4.69) is 0 Å². The standard InChI is InChI=1S/C13H17ClO2/c1-13(2,8-15)7-10-6-11(14)5-9-3-4-16-12(9)10/h5-6,15H,3-4,7-8H2,1-2H3. The SMILES string of the molecule is CC(C)(CO)Cc1cc(Cl)cc2c1OCC2. The molecule has 1 aromatic rings. The average Bonchev–Trinajstić information content (AvgIpc) is 2.65. The molecule has 0 amide bonds. The Morgan fingerprint density at radius 2 is 2.19 bits per heavy atom.